The summed E-state index contributed by atoms with van der Waals surface area (Å²) in [6.07, 6.45) is 7.13. The van der Waals surface area contributed by atoms with Gasteiger partial charge in [0, 0.05) is 18.0 Å². The second-order valence-corrected chi connectivity index (χ2v) is 3.28. The lowest BCUT2D eigenvalue weighted by atomic mass is 10.3. The number of hydrogen-bond donors (Lipinski definition) is 1. The molecule has 2 aromatic heterocycles. The minimum Gasteiger partial charge on any atom is -0.364 e. The third kappa shape index (κ3) is 2.44. The second kappa shape index (κ2) is 4.75. The Bertz CT molecular complexity index is 393. The first-order valence-electron chi connectivity index (χ1n) is 4.99. The van der Waals surface area contributed by atoms with Crippen molar-refractivity contribution in [1.29, 1.82) is 0 Å². The minimum absolute atomic E-state index is 0.754. The van der Waals surface area contributed by atoms with Crippen LogP contribution in [0, 0.1) is 0 Å². The smallest absolute Gasteiger partial charge is 0.128 e. The predicted octanol–water partition coefficient (Wildman–Crippen LogP) is 1.03. The zero-order chi connectivity index (χ0) is 10.5. The van der Waals surface area contributed by atoms with E-state index in [4.69, 9.17) is 4.52 Å². The van der Waals surface area contributed by atoms with Crippen molar-refractivity contribution in [2.45, 2.75) is 20.0 Å². The van der Waals surface area contributed by atoms with Crippen LogP contribution in [0.2, 0.25) is 0 Å². The average molecular weight is 206 g/mol. The maximum atomic E-state index is 4.78. The summed E-state index contributed by atoms with van der Waals surface area (Å²) < 4.78 is 6.86. The summed E-state index contributed by atoms with van der Waals surface area (Å²) in [7, 11) is 0. The molecule has 0 aliphatic carbocycles. The van der Waals surface area contributed by atoms with Crippen molar-refractivity contribution in [3.8, 4) is 0 Å². The molecule has 0 saturated heterocycles. The zero-order valence-electron chi connectivity index (χ0n) is 8.68. The van der Waals surface area contributed by atoms with Crippen LogP contribution < -0.4 is 5.32 Å². The summed E-state index contributed by atoms with van der Waals surface area (Å²) >= 11 is 0. The van der Waals surface area contributed by atoms with E-state index < -0.39 is 0 Å². The Kier molecular flexibility index (Phi) is 3.14. The highest BCUT2D eigenvalue weighted by atomic mass is 16.5. The lowest BCUT2D eigenvalue weighted by molar-refractivity contribution is 0.418. The van der Waals surface area contributed by atoms with Gasteiger partial charge in [-0.25, -0.2) is 4.98 Å². The molecule has 0 bridgehead atoms. The van der Waals surface area contributed by atoms with Crippen molar-refractivity contribution in [2.75, 3.05) is 6.54 Å². The van der Waals surface area contributed by atoms with Gasteiger partial charge in [-0.3, -0.25) is 0 Å². The van der Waals surface area contributed by atoms with Crippen LogP contribution in [0.5, 0.6) is 0 Å². The van der Waals surface area contributed by atoms with Crippen LogP contribution in [0.3, 0.4) is 0 Å². The van der Waals surface area contributed by atoms with Gasteiger partial charge < -0.3 is 14.4 Å². The Morgan fingerprint density at radius 3 is 3.20 bits per heavy atom. The van der Waals surface area contributed by atoms with Crippen LogP contribution in [0.15, 0.2) is 29.4 Å². The molecule has 15 heavy (non-hydrogen) atoms. The molecule has 5 heteroatoms. The Morgan fingerprint density at radius 2 is 2.47 bits per heavy atom. The molecular weight excluding hydrogens is 192 g/mol. The minimum atomic E-state index is 0.754. The molecule has 0 aliphatic rings. The van der Waals surface area contributed by atoms with E-state index >= 15 is 0 Å². The van der Waals surface area contributed by atoms with E-state index in [1.807, 2.05) is 6.20 Å². The van der Waals surface area contributed by atoms with E-state index in [1.165, 1.54) is 0 Å². The van der Waals surface area contributed by atoms with Crippen molar-refractivity contribution in [1.82, 2.24) is 20.0 Å². The first-order chi connectivity index (χ1) is 7.40. The van der Waals surface area contributed by atoms with Crippen molar-refractivity contribution < 1.29 is 4.52 Å². The molecule has 0 aliphatic heterocycles. The van der Waals surface area contributed by atoms with E-state index in [2.05, 4.69) is 26.9 Å². The van der Waals surface area contributed by atoms with E-state index in [-0.39, 0.29) is 0 Å². The van der Waals surface area contributed by atoms with E-state index in [1.54, 1.807) is 18.7 Å². The number of imidazole rings is 1. The lowest BCUT2D eigenvalue weighted by Crippen LogP contribution is -2.16. The van der Waals surface area contributed by atoms with Crippen LogP contribution >= 0.6 is 0 Å². The number of rotatable bonds is 5. The standard InChI is InChI=1S/C10H14N4O/c1-2-11-6-10-12-3-4-14(10)7-9-5-13-15-8-9/h3-5,8,11H,2,6-7H2,1H3. The molecule has 0 spiro atoms. The van der Waals surface area contributed by atoms with Gasteiger partial charge in [0.05, 0.1) is 19.3 Å². The van der Waals surface area contributed by atoms with Gasteiger partial charge in [0.1, 0.15) is 12.1 Å². The molecule has 2 heterocycles. The van der Waals surface area contributed by atoms with Crippen molar-refractivity contribution in [3.05, 3.63) is 36.2 Å². The summed E-state index contributed by atoms with van der Waals surface area (Å²) in [5.74, 6) is 1.03. The highest BCUT2D eigenvalue weighted by Crippen LogP contribution is 2.04. The molecule has 2 aromatic rings. The summed E-state index contributed by atoms with van der Waals surface area (Å²) in [5.41, 5.74) is 1.05. The fourth-order valence-electron chi connectivity index (χ4n) is 1.39. The van der Waals surface area contributed by atoms with Crippen LogP contribution in [0.4, 0.5) is 0 Å². The van der Waals surface area contributed by atoms with Crippen LogP contribution in [0.1, 0.15) is 18.3 Å². The molecule has 80 valence electrons. The molecule has 0 saturated carbocycles. The topological polar surface area (TPSA) is 55.9 Å². The van der Waals surface area contributed by atoms with Crippen molar-refractivity contribution >= 4 is 0 Å². The zero-order valence-corrected chi connectivity index (χ0v) is 8.68. The van der Waals surface area contributed by atoms with Crippen LogP contribution in [0.25, 0.3) is 0 Å². The molecule has 5 nitrogen and oxygen atoms in total. The van der Waals surface area contributed by atoms with Gasteiger partial charge in [0.25, 0.3) is 0 Å². The number of nitrogens with zero attached hydrogens (tertiary/aromatic N) is 3. The van der Waals surface area contributed by atoms with E-state index in [0.29, 0.717) is 0 Å². The SMILES string of the molecule is CCNCc1nccn1Cc1cnoc1. The van der Waals surface area contributed by atoms with Gasteiger partial charge >= 0.3 is 0 Å². The Balaban J connectivity index is 2.04. The second-order valence-electron chi connectivity index (χ2n) is 3.28. The van der Waals surface area contributed by atoms with Gasteiger partial charge in [0.2, 0.25) is 0 Å². The average Bonchev–Trinajstić information content (AvgIpc) is 2.87. The quantitative estimate of drug-likeness (QED) is 0.793. The summed E-state index contributed by atoms with van der Waals surface area (Å²) in [4.78, 5) is 4.28. The van der Waals surface area contributed by atoms with Gasteiger partial charge in [0.15, 0.2) is 0 Å². The summed E-state index contributed by atoms with van der Waals surface area (Å²) in [5, 5.41) is 6.92. The molecule has 0 aromatic carbocycles. The highest BCUT2D eigenvalue weighted by molar-refractivity contribution is 5.04. The molecule has 0 amide bonds. The molecular formula is C10H14N4O. The molecule has 1 N–H and O–H groups in total. The summed E-state index contributed by atoms with van der Waals surface area (Å²) in [6.45, 7) is 4.56. The molecule has 0 fully saturated rings. The number of hydrogen-bond acceptors (Lipinski definition) is 4. The van der Waals surface area contributed by atoms with Crippen molar-refractivity contribution in [2.24, 2.45) is 0 Å². The third-order valence-electron chi connectivity index (χ3n) is 2.17. The van der Waals surface area contributed by atoms with Crippen LogP contribution in [-0.2, 0) is 13.1 Å². The van der Waals surface area contributed by atoms with Gasteiger partial charge in [-0.15, -0.1) is 0 Å². The van der Waals surface area contributed by atoms with Gasteiger partial charge in [-0.05, 0) is 6.54 Å². The number of nitrogens with one attached hydrogen (secondary N) is 1. The van der Waals surface area contributed by atoms with Gasteiger partial charge in [-0.2, -0.15) is 0 Å². The highest BCUT2D eigenvalue weighted by Gasteiger charge is 2.03. The Hall–Kier alpha value is -1.62. The molecule has 0 unspecified atom stereocenters. The monoisotopic (exact) mass is 206 g/mol. The fourth-order valence-corrected chi connectivity index (χ4v) is 1.39. The van der Waals surface area contributed by atoms with E-state index in [0.717, 1.165) is 31.0 Å². The van der Waals surface area contributed by atoms with Gasteiger partial charge in [-0.1, -0.05) is 12.1 Å². The number of aromatic nitrogens is 3. The maximum absolute atomic E-state index is 4.78. The fraction of sp³-hybridized carbons (Fsp3) is 0.400. The Morgan fingerprint density at radius 1 is 1.53 bits per heavy atom. The maximum Gasteiger partial charge on any atom is 0.128 e. The summed E-state index contributed by atoms with van der Waals surface area (Å²) in [6, 6.07) is 0. The first kappa shape index (κ1) is 9.92. The third-order valence-corrected chi connectivity index (χ3v) is 2.17. The molecule has 0 atom stereocenters. The predicted molar refractivity (Wildman–Crippen MR) is 55.2 cm³/mol. The molecule has 2 rings (SSSR count). The Labute approximate surface area is 88.1 Å². The first-order valence-corrected chi connectivity index (χ1v) is 4.99. The molecule has 0 radical (unpaired) electrons. The largest absolute Gasteiger partial charge is 0.364 e. The van der Waals surface area contributed by atoms with Crippen molar-refractivity contribution in [3.63, 3.8) is 0 Å². The lowest BCUT2D eigenvalue weighted by Gasteiger charge is -2.05. The van der Waals surface area contributed by atoms with Crippen LogP contribution in [-0.4, -0.2) is 21.3 Å². The van der Waals surface area contributed by atoms with E-state index in [9.17, 15) is 0 Å². The normalized spacial score (nSPS) is 10.7.